The fraction of sp³-hybridized carbons (Fsp3) is 0.409. The van der Waals surface area contributed by atoms with E-state index in [4.69, 9.17) is 4.74 Å². The Kier molecular flexibility index (Phi) is 8.89. The zero-order valence-electron chi connectivity index (χ0n) is 16.9. The van der Waals surface area contributed by atoms with E-state index in [0.29, 0.717) is 6.04 Å². The summed E-state index contributed by atoms with van der Waals surface area (Å²) in [5.74, 6) is 1.80. The van der Waals surface area contributed by atoms with Gasteiger partial charge in [0.05, 0.1) is 12.8 Å². The highest BCUT2D eigenvalue weighted by Gasteiger charge is 2.25. The number of para-hydroxylation sites is 2. The smallest absolute Gasteiger partial charge is 0.191 e. The maximum atomic E-state index is 5.50. The van der Waals surface area contributed by atoms with Gasteiger partial charge in [0.15, 0.2) is 5.96 Å². The molecular formula is C22H31IN4O. The maximum absolute atomic E-state index is 5.50. The van der Waals surface area contributed by atoms with Crippen LogP contribution in [0.15, 0.2) is 53.5 Å². The van der Waals surface area contributed by atoms with E-state index in [1.54, 1.807) is 7.11 Å². The van der Waals surface area contributed by atoms with Crippen molar-refractivity contribution in [2.75, 3.05) is 38.7 Å². The highest BCUT2D eigenvalue weighted by molar-refractivity contribution is 14.0. The fourth-order valence-electron chi connectivity index (χ4n) is 3.57. The first-order chi connectivity index (χ1) is 13.2. The second-order valence-electron chi connectivity index (χ2n) is 6.99. The molecule has 0 spiro atoms. The number of aliphatic imine (C=N–C) groups is 1. The van der Waals surface area contributed by atoms with Crippen LogP contribution in [-0.2, 0) is 6.42 Å². The van der Waals surface area contributed by atoms with Crippen LogP contribution in [0.25, 0.3) is 0 Å². The van der Waals surface area contributed by atoms with Crippen molar-refractivity contribution < 1.29 is 4.74 Å². The minimum atomic E-state index is 0. The number of aryl methyl sites for hydroxylation is 1. The topological polar surface area (TPSA) is 48.9 Å². The monoisotopic (exact) mass is 494 g/mol. The lowest BCUT2D eigenvalue weighted by molar-refractivity contribution is 0.415. The Morgan fingerprint density at radius 1 is 1.21 bits per heavy atom. The summed E-state index contributed by atoms with van der Waals surface area (Å²) in [6.45, 7) is 4.95. The van der Waals surface area contributed by atoms with Gasteiger partial charge in [-0.05, 0) is 37.5 Å². The molecule has 6 heteroatoms. The van der Waals surface area contributed by atoms with Crippen LogP contribution in [0.5, 0.6) is 5.75 Å². The molecule has 1 heterocycles. The molecule has 0 amide bonds. The highest BCUT2D eigenvalue weighted by Crippen LogP contribution is 2.30. The van der Waals surface area contributed by atoms with Crippen LogP contribution in [-0.4, -0.2) is 45.8 Å². The molecule has 5 nitrogen and oxygen atoms in total. The Morgan fingerprint density at radius 2 is 2.04 bits per heavy atom. The van der Waals surface area contributed by atoms with Gasteiger partial charge in [-0.25, -0.2) is 0 Å². The van der Waals surface area contributed by atoms with Crippen molar-refractivity contribution in [3.05, 3.63) is 59.7 Å². The van der Waals surface area contributed by atoms with Crippen molar-refractivity contribution in [3.63, 3.8) is 0 Å². The van der Waals surface area contributed by atoms with Crippen LogP contribution < -0.4 is 20.3 Å². The predicted molar refractivity (Wildman–Crippen MR) is 128 cm³/mol. The first kappa shape index (κ1) is 22.3. The lowest BCUT2D eigenvalue weighted by Gasteiger charge is -2.22. The van der Waals surface area contributed by atoms with Gasteiger partial charge >= 0.3 is 0 Å². The van der Waals surface area contributed by atoms with Crippen molar-refractivity contribution >= 4 is 35.6 Å². The normalized spacial score (nSPS) is 16.5. The van der Waals surface area contributed by atoms with Gasteiger partial charge in [-0.3, -0.25) is 4.99 Å². The molecule has 152 valence electrons. The van der Waals surface area contributed by atoms with Gasteiger partial charge in [0, 0.05) is 32.7 Å². The van der Waals surface area contributed by atoms with Gasteiger partial charge in [0.1, 0.15) is 5.75 Å². The molecule has 1 atom stereocenters. The van der Waals surface area contributed by atoms with Gasteiger partial charge in [-0.15, -0.1) is 24.0 Å². The van der Waals surface area contributed by atoms with Crippen LogP contribution in [0.1, 0.15) is 17.5 Å². The van der Waals surface area contributed by atoms with Crippen LogP contribution in [0.2, 0.25) is 0 Å². The molecule has 1 aliphatic heterocycles. The molecule has 1 unspecified atom stereocenters. The van der Waals surface area contributed by atoms with Gasteiger partial charge in [0.2, 0.25) is 0 Å². The molecule has 0 bridgehead atoms. The molecule has 2 aromatic rings. The van der Waals surface area contributed by atoms with E-state index < -0.39 is 0 Å². The first-order valence-corrected chi connectivity index (χ1v) is 9.60. The highest BCUT2D eigenvalue weighted by atomic mass is 127. The standard InChI is InChI=1S/C22H30N4O.HI/c1-17-7-6-8-18(15-17)11-13-24-22(23-2)25-19-12-14-26(16-19)20-9-4-5-10-21(20)27-3;/h4-10,15,19H,11-14,16H2,1-3H3,(H2,23,24,25);1H. The first-order valence-electron chi connectivity index (χ1n) is 9.60. The van der Waals surface area contributed by atoms with Crippen LogP contribution in [0, 0.1) is 6.92 Å². The van der Waals surface area contributed by atoms with E-state index in [9.17, 15) is 0 Å². The molecule has 2 N–H and O–H groups in total. The number of nitrogens with zero attached hydrogens (tertiary/aromatic N) is 2. The predicted octanol–water partition coefficient (Wildman–Crippen LogP) is 3.61. The van der Waals surface area contributed by atoms with E-state index in [1.165, 1.54) is 11.1 Å². The zero-order valence-corrected chi connectivity index (χ0v) is 19.3. The summed E-state index contributed by atoms with van der Waals surface area (Å²) in [4.78, 5) is 6.75. The summed E-state index contributed by atoms with van der Waals surface area (Å²) in [5.41, 5.74) is 3.81. The average Bonchev–Trinajstić information content (AvgIpc) is 3.15. The maximum Gasteiger partial charge on any atom is 0.191 e. The third-order valence-electron chi connectivity index (χ3n) is 4.97. The number of anilines is 1. The number of rotatable bonds is 6. The number of methoxy groups -OCH3 is 1. The Balaban J connectivity index is 0.00000280. The minimum absolute atomic E-state index is 0. The van der Waals surface area contributed by atoms with Crippen LogP contribution >= 0.6 is 24.0 Å². The largest absolute Gasteiger partial charge is 0.495 e. The van der Waals surface area contributed by atoms with Crippen LogP contribution in [0.4, 0.5) is 5.69 Å². The molecule has 2 aromatic carbocycles. The van der Waals surface area contributed by atoms with E-state index in [-0.39, 0.29) is 24.0 Å². The molecule has 0 radical (unpaired) electrons. The fourth-order valence-corrected chi connectivity index (χ4v) is 3.57. The van der Waals surface area contributed by atoms with Crippen molar-refractivity contribution in [1.82, 2.24) is 10.6 Å². The second kappa shape index (κ2) is 11.1. The SMILES string of the molecule is CN=C(NCCc1cccc(C)c1)NC1CCN(c2ccccc2OC)C1.I. The van der Waals surface area contributed by atoms with E-state index >= 15 is 0 Å². The van der Waals surface area contributed by atoms with E-state index in [1.807, 2.05) is 19.2 Å². The summed E-state index contributed by atoms with van der Waals surface area (Å²) in [7, 11) is 3.56. The van der Waals surface area contributed by atoms with Gasteiger partial charge < -0.3 is 20.3 Å². The van der Waals surface area contributed by atoms with E-state index in [2.05, 4.69) is 63.8 Å². The molecule has 0 aromatic heterocycles. The number of benzene rings is 2. The summed E-state index contributed by atoms with van der Waals surface area (Å²) in [5, 5.41) is 6.99. The molecule has 0 aliphatic carbocycles. The summed E-state index contributed by atoms with van der Waals surface area (Å²) in [6, 6.07) is 17.2. The lowest BCUT2D eigenvalue weighted by Crippen LogP contribution is -2.45. The van der Waals surface area contributed by atoms with Crippen molar-refractivity contribution in [2.45, 2.75) is 25.8 Å². The van der Waals surface area contributed by atoms with E-state index in [0.717, 1.165) is 49.9 Å². The molecule has 3 rings (SSSR count). The molecule has 28 heavy (non-hydrogen) atoms. The zero-order chi connectivity index (χ0) is 19.1. The number of nitrogens with one attached hydrogen (secondary N) is 2. The third-order valence-corrected chi connectivity index (χ3v) is 4.97. The van der Waals surface area contributed by atoms with Crippen molar-refractivity contribution in [2.24, 2.45) is 4.99 Å². The molecular weight excluding hydrogens is 463 g/mol. The van der Waals surface area contributed by atoms with Gasteiger partial charge in [-0.2, -0.15) is 0 Å². The number of hydrogen-bond donors (Lipinski definition) is 2. The quantitative estimate of drug-likeness (QED) is 0.366. The minimum Gasteiger partial charge on any atom is -0.495 e. The number of guanidine groups is 1. The number of ether oxygens (including phenoxy) is 1. The molecule has 1 fully saturated rings. The number of halogens is 1. The summed E-state index contributed by atoms with van der Waals surface area (Å²) in [6.07, 6.45) is 2.07. The average molecular weight is 494 g/mol. The Bertz CT molecular complexity index is 781. The van der Waals surface area contributed by atoms with Gasteiger partial charge in [0.25, 0.3) is 0 Å². The Hall–Kier alpha value is -1.96. The van der Waals surface area contributed by atoms with Crippen molar-refractivity contribution in [1.29, 1.82) is 0 Å². The lowest BCUT2D eigenvalue weighted by atomic mass is 10.1. The Labute approximate surface area is 185 Å². The Morgan fingerprint density at radius 3 is 2.79 bits per heavy atom. The molecule has 1 saturated heterocycles. The molecule has 0 saturated carbocycles. The summed E-state index contributed by atoms with van der Waals surface area (Å²) >= 11 is 0. The van der Waals surface area contributed by atoms with Crippen molar-refractivity contribution in [3.8, 4) is 5.75 Å². The third kappa shape index (κ3) is 6.02. The molecule has 1 aliphatic rings. The second-order valence-corrected chi connectivity index (χ2v) is 6.99. The van der Waals surface area contributed by atoms with Gasteiger partial charge in [-0.1, -0.05) is 42.0 Å². The summed E-state index contributed by atoms with van der Waals surface area (Å²) < 4.78 is 5.50. The van der Waals surface area contributed by atoms with Crippen LogP contribution in [0.3, 0.4) is 0 Å². The number of hydrogen-bond acceptors (Lipinski definition) is 3.